The van der Waals surface area contributed by atoms with Crippen molar-refractivity contribution < 1.29 is 22.7 Å². The molecule has 4 nitrogen and oxygen atoms in total. The minimum absolute atomic E-state index is 0.0247. The van der Waals surface area contributed by atoms with Crippen LogP contribution in [0.15, 0.2) is 30.3 Å². The maximum atomic E-state index is 12.3. The third-order valence-electron chi connectivity index (χ3n) is 2.61. The van der Waals surface area contributed by atoms with Gasteiger partial charge in [-0.2, -0.15) is 13.2 Å². The molecule has 1 aromatic heterocycles. The monoisotopic (exact) mass is 398 g/mol. The van der Waals surface area contributed by atoms with Crippen molar-refractivity contribution in [3.05, 3.63) is 51.2 Å². The molecule has 0 spiro atoms. The standard InChI is InChI=1S/C14H8Cl3F3N2O2/c15-7-1-3-10(24-6-14(18,19)20)9(5-7)21-13(23)12-8(16)2-4-11(17)22-12/h1-5H,6H2,(H,21,23). The number of benzene rings is 1. The Kier molecular flexibility index (Phi) is 5.79. The van der Waals surface area contributed by atoms with Crippen molar-refractivity contribution in [3.8, 4) is 5.75 Å². The van der Waals surface area contributed by atoms with Crippen molar-refractivity contribution in [1.82, 2.24) is 4.98 Å². The van der Waals surface area contributed by atoms with Gasteiger partial charge < -0.3 is 10.1 Å². The molecule has 0 fully saturated rings. The molecule has 1 N–H and O–H groups in total. The van der Waals surface area contributed by atoms with Gasteiger partial charge in [-0.3, -0.25) is 4.79 Å². The summed E-state index contributed by atoms with van der Waals surface area (Å²) < 4.78 is 41.6. The number of pyridine rings is 1. The van der Waals surface area contributed by atoms with Gasteiger partial charge in [-0.15, -0.1) is 0 Å². The Hall–Kier alpha value is -1.70. The molecule has 0 unspecified atom stereocenters. The van der Waals surface area contributed by atoms with Crippen LogP contribution < -0.4 is 10.1 Å². The number of rotatable bonds is 4. The molecule has 0 aliphatic carbocycles. The minimum Gasteiger partial charge on any atom is -0.482 e. The zero-order valence-electron chi connectivity index (χ0n) is 11.6. The van der Waals surface area contributed by atoms with Gasteiger partial charge in [0.15, 0.2) is 6.61 Å². The molecule has 128 valence electrons. The summed E-state index contributed by atoms with van der Waals surface area (Å²) in [6, 6.07) is 6.52. The highest BCUT2D eigenvalue weighted by atomic mass is 35.5. The van der Waals surface area contributed by atoms with E-state index in [1.54, 1.807) is 0 Å². The number of carbonyl (C=O) groups excluding carboxylic acids is 1. The summed E-state index contributed by atoms with van der Waals surface area (Å²) >= 11 is 17.4. The maximum absolute atomic E-state index is 12.3. The molecule has 24 heavy (non-hydrogen) atoms. The highest BCUT2D eigenvalue weighted by molar-refractivity contribution is 6.35. The molecule has 0 radical (unpaired) electrons. The number of halogens is 6. The first-order chi connectivity index (χ1) is 11.2. The van der Waals surface area contributed by atoms with Crippen LogP contribution in [0.5, 0.6) is 5.75 Å². The molecule has 0 bridgehead atoms. The number of ether oxygens (including phenoxy) is 1. The molecule has 10 heteroatoms. The summed E-state index contributed by atoms with van der Waals surface area (Å²) in [6.45, 7) is -1.52. The second kappa shape index (κ2) is 7.46. The van der Waals surface area contributed by atoms with Gasteiger partial charge >= 0.3 is 6.18 Å². The van der Waals surface area contributed by atoms with Gasteiger partial charge in [0, 0.05) is 5.02 Å². The zero-order chi connectivity index (χ0) is 17.9. The Morgan fingerprint density at radius 2 is 1.88 bits per heavy atom. The van der Waals surface area contributed by atoms with Crippen LogP contribution in [0.2, 0.25) is 15.2 Å². The van der Waals surface area contributed by atoms with E-state index in [0.29, 0.717) is 0 Å². The van der Waals surface area contributed by atoms with Gasteiger partial charge in [0.2, 0.25) is 0 Å². The number of nitrogens with zero attached hydrogens (tertiary/aromatic N) is 1. The molecule has 0 aliphatic rings. The van der Waals surface area contributed by atoms with Crippen LogP contribution >= 0.6 is 34.8 Å². The van der Waals surface area contributed by atoms with Crippen molar-refractivity contribution in [2.75, 3.05) is 11.9 Å². The average molecular weight is 400 g/mol. The lowest BCUT2D eigenvalue weighted by Gasteiger charge is -2.14. The highest BCUT2D eigenvalue weighted by Gasteiger charge is 2.29. The molecule has 1 aromatic carbocycles. The molecular formula is C14H8Cl3F3N2O2. The third kappa shape index (κ3) is 5.15. The molecule has 2 aromatic rings. The van der Waals surface area contributed by atoms with E-state index in [0.717, 1.165) is 0 Å². The number of anilines is 1. The highest BCUT2D eigenvalue weighted by Crippen LogP contribution is 2.30. The number of aromatic nitrogens is 1. The first-order valence-corrected chi connectivity index (χ1v) is 7.41. The summed E-state index contributed by atoms with van der Waals surface area (Å²) in [6.07, 6.45) is -4.53. The Bertz CT molecular complexity index is 769. The van der Waals surface area contributed by atoms with E-state index < -0.39 is 18.7 Å². The lowest BCUT2D eigenvalue weighted by Crippen LogP contribution is -2.20. The van der Waals surface area contributed by atoms with Gasteiger partial charge in [-0.25, -0.2) is 4.98 Å². The smallest absolute Gasteiger partial charge is 0.422 e. The van der Waals surface area contributed by atoms with Gasteiger partial charge in [-0.1, -0.05) is 34.8 Å². The molecule has 2 rings (SSSR count). The second-order valence-electron chi connectivity index (χ2n) is 4.46. The first kappa shape index (κ1) is 18.6. The summed E-state index contributed by atoms with van der Waals surface area (Å²) in [5.41, 5.74) is -0.250. The number of alkyl halides is 3. The van der Waals surface area contributed by atoms with Crippen molar-refractivity contribution in [1.29, 1.82) is 0 Å². The zero-order valence-corrected chi connectivity index (χ0v) is 13.9. The van der Waals surface area contributed by atoms with E-state index in [9.17, 15) is 18.0 Å². The number of nitrogens with one attached hydrogen (secondary N) is 1. The summed E-state index contributed by atoms with van der Waals surface area (Å²) in [5.74, 6) is -0.982. The maximum Gasteiger partial charge on any atom is 0.422 e. The van der Waals surface area contributed by atoms with Crippen LogP contribution in [-0.2, 0) is 0 Å². The van der Waals surface area contributed by atoms with Crippen molar-refractivity contribution in [2.45, 2.75) is 6.18 Å². The first-order valence-electron chi connectivity index (χ1n) is 6.28. The van der Waals surface area contributed by atoms with Crippen LogP contribution in [0.1, 0.15) is 10.5 Å². The Labute approximate surface area is 149 Å². The molecule has 1 amide bonds. The molecule has 0 aliphatic heterocycles. The fourth-order valence-corrected chi connectivity index (χ4v) is 2.16. The van der Waals surface area contributed by atoms with Gasteiger partial charge in [-0.05, 0) is 30.3 Å². The van der Waals surface area contributed by atoms with E-state index in [4.69, 9.17) is 34.8 Å². The number of hydrogen-bond acceptors (Lipinski definition) is 3. The third-order valence-corrected chi connectivity index (χ3v) is 3.36. The summed E-state index contributed by atoms with van der Waals surface area (Å²) in [7, 11) is 0. The SMILES string of the molecule is O=C(Nc1cc(Cl)ccc1OCC(F)(F)F)c1nc(Cl)ccc1Cl. The molecule has 0 atom stereocenters. The number of hydrogen-bond donors (Lipinski definition) is 1. The van der Waals surface area contributed by atoms with Crippen LogP contribution in [0.3, 0.4) is 0 Å². The number of amides is 1. The predicted molar refractivity (Wildman–Crippen MR) is 85.2 cm³/mol. The van der Waals surface area contributed by atoms with Gasteiger partial charge in [0.25, 0.3) is 5.91 Å². The van der Waals surface area contributed by atoms with E-state index >= 15 is 0 Å². The fourth-order valence-electron chi connectivity index (χ4n) is 1.64. The molecule has 0 saturated carbocycles. The van der Waals surface area contributed by atoms with Crippen LogP contribution in [0, 0.1) is 0 Å². The average Bonchev–Trinajstić information content (AvgIpc) is 2.48. The van der Waals surface area contributed by atoms with Crippen LogP contribution in [0.4, 0.5) is 18.9 Å². The van der Waals surface area contributed by atoms with E-state index in [1.165, 1.54) is 30.3 Å². The Balaban J connectivity index is 2.26. The molecule has 0 saturated heterocycles. The van der Waals surface area contributed by atoms with Gasteiger partial charge in [0.05, 0.1) is 10.7 Å². The summed E-state index contributed by atoms with van der Waals surface area (Å²) in [5, 5.41) is 2.60. The lowest BCUT2D eigenvalue weighted by atomic mass is 10.2. The minimum atomic E-state index is -4.53. The summed E-state index contributed by atoms with van der Waals surface area (Å²) in [4.78, 5) is 16.0. The van der Waals surface area contributed by atoms with Crippen molar-refractivity contribution in [3.63, 3.8) is 0 Å². The van der Waals surface area contributed by atoms with E-state index in [2.05, 4.69) is 15.0 Å². The topological polar surface area (TPSA) is 51.2 Å². The second-order valence-corrected chi connectivity index (χ2v) is 5.69. The molecule has 1 heterocycles. The van der Waals surface area contributed by atoms with Crippen LogP contribution in [0.25, 0.3) is 0 Å². The lowest BCUT2D eigenvalue weighted by molar-refractivity contribution is -0.153. The van der Waals surface area contributed by atoms with E-state index in [1.807, 2.05) is 0 Å². The number of carbonyl (C=O) groups is 1. The Morgan fingerprint density at radius 3 is 2.54 bits per heavy atom. The fraction of sp³-hybridized carbons (Fsp3) is 0.143. The molecular weight excluding hydrogens is 392 g/mol. The van der Waals surface area contributed by atoms with Gasteiger partial charge in [0.1, 0.15) is 16.6 Å². The largest absolute Gasteiger partial charge is 0.482 e. The quantitative estimate of drug-likeness (QED) is 0.716. The normalized spacial score (nSPS) is 11.2. The van der Waals surface area contributed by atoms with E-state index in [-0.39, 0.29) is 32.3 Å². The van der Waals surface area contributed by atoms with Crippen molar-refractivity contribution in [2.24, 2.45) is 0 Å². The Morgan fingerprint density at radius 1 is 1.17 bits per heavy atom. The van der Waals surface area contributed by atoms with Crippen LogP contribution in [-0.4, -0.2) is 23.7 Å². The van der Waals surface area contributed by atoms with Crippen molar-refractivity contribution >= 4 is 46.4 Å². The predicted octanol–water partition coefficient (Wildman–Crippen LogP) is 5.24.